The van der Waals surface area contributed by atoms with Gasteiger partial charge in [0, 0.05) is 5.33 Å². The molecule has 0 N–H and O–H groups in total. The summed E-state index contributed by atoms with van der Waals surface area (Å²) in [6, 6.07) is 0. The maximum absolute atomic E-state index is 11.3. The Balaban J connectivity index is 3.12. The number of halogens is 1. The third-order valence-corrected chi connectivity index (χ3v) is 4.03. The van der Waals surface area contributed by atoms with Gasteiger partial charge in [-0.25, -0.2) is 4.79 Å². The monoisotopic (exact) mass is 364 g/mol. The van der Waals surface area contributed by atoms with Gasteiger partial charge in [0.15, 0.2) is 0 Å². The molecule has 0 spiro atoms. The van der Waals surface area contributed by atoms with Crippen LogP contribution in [0.2, 0.25) is 0 Å². The van der Waals surface area contributed by atoms with Crippen molar-refractivity contribution in [2.45, 2.75) is 84.0 Å². The molecule has 0 aromatic heterocycles. The fourth-order valence-corrected chi connectivity index (χ4v) is 2.54. The van der Waals surface area contributed by atoms with Gasteiger partial charge in [-0.1, -0.05) is 80.6 Å². The Bertz CT molecular complexity index is 222. The lowest BCUT2D eigenvalue weighted by atomic mass is 10.1. The third kappa shape index (κ3) is 17.7. The van der Waals surface area contributed by atoms with Crippen LogP contribution in [0.1, 0.15) is 84.0 Å². The van der Waals surface area contributed by atoms with Gasteiger partial charge in [0.25, 0.3) is 0 Å². The van der Waals surface area contributed by atoms with Crippen LogP contribution in [0.15, 0.2) is 0 Å². The van der Waals surface area contributed by atoms with Gasteiger partial charge in [0.05, 0.1) is 13.2 Å². The van der Waals surface area contributed by atoms with Gasteiger partial charge in [-0.05, 0) is 19.3 Å². The van der Waals surface area contributed by atoms with Crippen LogP contribution >= 0.6 is 15.9 Å². The molecule has 0 atom stereocenters. The Morgan fingerprint density at radius 2 is 1.14 bits per heavy atom. The topological polar surface area (TPSA) is 35.5 Å². The summed E-state index contributed by atoms with van der Waals surface area (Å²) in [6.07, 6.45) is 13.9. The number of alkyl halides is 1. The van der Waals surface area contributed by atoms with Gasteiger partial charge in [0.2, 0.25) is 0 Å². The summed E-state index contributed by atoms with van der Waals surface area (Å²) in [7, 11) is 0. The minimum atomic E-state index is -0.501. The fourth-order valence-electron chi connectivity index (χ4n) is 2.14. The predicted molar refractivity (Wildman–Crippen MR) is 92.2 cm³/mol. The van der Waals surface area contributed by atoms with Crippen molar-refractivity contribution >= 4 is 22.1 Å². The van der Waals surface area contributed by atoms with Crippen molar-refractivity contribution in [1.82, 2.24) is 0 Å². The van der Waals surface area contributed by atoms with E-state index < -0.39 is 6.16 Å². The maximum Gasteiger partial charge on any atom is 0.508 e. The molecule has 0 saturated carbocycles. The fraction of sp³-hybridized carbons (Fsp3) is 0.941. The molecular weight excluding hydrogens is 332 g/mol. The zero-order valence-electron chi connectivity index (χ0n) is 13.7. The number of carbonyl (C=O) groups is 1. The van der Waals surface area contributed by atoms with Crippen molar-refractivity contribution < 1.29 is 14.3 Å². The number of ether oxygens (including phenoxy) is 2. The Morgan fingerprint density at radius 1 is 0.714 bits per heavy atom. The second-order valence-corrected chi connectivity index (χ2v) is 6.32. The van der Waals surface area contributed by atoms with Gasteiger partial charge in [-0.15, -0.1) is 0 Å². The van der Waals surface area contributed by atoms with E-state index in [0.717, 1.165) is 31.0 Å². The van der Waals surface area contributed by atoms with E-state index in [4.69, 9.17) is 9.47 Å². The van der Waals surface area contributed by atoms with Gasteiger partial charge >= 0.3 is 6.16 Å². The van der Waals surface area contributed by atoms with Gasteiger partial charge in [0.1, 0.15) is 0 Å². The molecule has 0 aromatic carbocycles. The molecule has 0 aliphatic heterocycles. The SMILES string of the molecule is CCCCCCCCCCOC(=O)OCCCCCCBr. The van der Waals surface area contributed by atoms with E-state index in [0.29, 0.717) is 13.2 Å². The summed E-state index contributed by atoms with van der Waals surface area (Å²) in [6.45, 7) is 3.22. The molecule has 0 heterocycles. The molecule has 0 bridgehead atoms. The standard InChI is InChI=1S/C17H33BrO3/c1-2-3-4-5-6-7-9-12-15-20-17(19)21-16-13-10-8-11-14-18/h2-16H2,1H3. The van der Waals surface area contributed by atoms with Crippen LogP contribution in [0, 0.1) is 0 Å². The third-order valence-electron chi connectivity index (χ3n) is 3.47. The van der Waals surface area contributed by atoms with Crippen molar-refractivity contribution in [3.8, 4) is 0 Å². The van der Waals surface area contributed by atoms with Crippen LogP contribution in [0.5, 0.6) is 0 Å². The van der Waals surface area contributed by atoms with Crippen molar-refractivity contribution in [2.75, 3.05) is 18.5 Å². The second-order valence-electron chi connectivity index (χ2n) is 5.52. The average molecular weight is 365 g/mol. The van der Waals surface area contributed by atoms with E-state index >= 15 is 0 Å². The number of rotatable bonds is 15. The van der Waals surface area contributed by atoms with E-state index in [2.05, 4.69) is 22.9 Å². The minimum absolute atomic E-state index is 0.485. The molecule has 126 valence electrons. The lowest BCUT2D eigenvalue weighted by Gasteiger charge is -2.06. The summed E-state index contributed by atoms with van der Waals surface area (Å²) >= 11 is 3.40. The van der Waals surface area contributed by atoms with Gasteiger partial charge in [-0.3, -0.25) is 0 Å². The minimum Gasteiger partial charge on any atom is -0.434 e. The Morgan fingerprint density at radius 3 is 1.62 bits per heavy atom. The molecule has 0 amide bonds. The number of hydrogen-bond acceptors (Lipinski definition) is 3. The molecule has 0 saturated heterocycles. The number of unbranched alkanes of at least 4 members (excludes halogenated alkanes) is 10. The van der Waals surface area contributed by atoms with Gasteiger partial charge in [-0.2, -0.15) is 0 Å². The largest absolute Gasteiger partial charge is 0.508 e. The Hall–Kier alpha value is -0.250. The first-order valence-electron chi connectivity index (χ1n) is 8.66. The second kappa shape index (κ2) is 17.8. The van der Waals surface area contributed by atoms with Crippen LogP contribution in [0.25, 0.3) is 0 Å². The summed E-state index contributed by atoms with van der Waals surface area (Å²) in [5.41, 5.74) is 0. The van der Waals surface area contributed by atoms with Crippen LogP contribution in [0.4, 0.5) is 4.79 Å². The van der Waals surface area contributed by atoms with Crippen LogP contribution in [0.3, 0.4) is 0 Å². The highest BCUT2D eigenvalue weighted by Crippen LogP contribution is 2.08. The van der Waals surface area contributed by atoms with Crippen molar-refractivity contribution in [3.05, 3.63) is 0 Å². The summed E-state index contributed by atoms with van der Waals surface area (Å²) in [4.78, 5) is 11.3. The molecule has 0 radical (unpaired) electrons. The van der Waals surface area contributed by atoms with E-state index in [9.17, 15) is 4.79 Å². The highest BCUT2D eigenvalue weighted by atomic mass is 79.9. The first-order valence-corrected chi connectivity index (χ1v) is 9.79. The average Bonchev–Trinajstić information content (AvgIpc) is 2.49. The molecule has 21 heavy (non-hydrogen) atoms. The summed E-state index contributed by atoms with van der Waals surface area (Å²) < 4.78 is 10.1. The maximum atomic E-state index is 11.3. The van der Waals surface area contributed by atoms with E-state index in [1.54, 1.807) is 0 Å². The lowest BCUT2D eigenvalue weighted by molar-refractivity contribution is 0.0529. The van der Waals surface area contributed by atoms with E-state index in [1.165, 1.54) is 51.4 Å². The lowest BCUT2D eigenvalue weighted by Crippen LogP contribution is -2.09. The predicted octanol–water partition coefficient (Wildman–Crippen LogP) is 6.24. The van der Waals surface area contributed by atoms with Crippen molar-refractivity contribution in [3.63, 3.8) is 0 Å². The molecule has 0 aliphatic carbocycles. The number of carbonyl (C=O) groups excluding carboxylic acids is 1. The van der Waals surface area contributed by atoms with Crippen LogP contribution in [-0.4, -0.2) is 24.7 Å². The van der Waals surface area contributed by atoms with E-state index in [1.807, 2.05) is 0 Å². The zero-order chi connectivity index (χ0) is 15.6. The van der Waals surface area contributed by atoms with Gasteiger partial charge < -0.3 is 9.47 Å². The quantitative estimate of drug-likeness (QED) is 0.196. The molecule has 0 aromatic rings. The molecule has 0 fully saturated rings. The molecule has 0 aliphatic rings. The first-order chi connectivity index (χ1) is 10.3. The zero-order valence-corrected chi connectivity index (χ0v) is 15.3. The summed E-state index contributed by atoms with van der Waals surface area (Å²) in [5, 5.41) is 1.05. The highest BCUT2D eigenvalue weighted by Gasteiger charge is 2.02. The van der Waals surface area contributed by atoms with E-state index in [-0.39, 0.29) is 0 Å². The Kier molecular flexibility index (Phi) is 17.6. The highest BCUT2D eigenvalue weighted by molar-refractivity contribution is 9.09. The molecule has 3 nitrogen and oxygen atoms in total. The van der Waals surface area contributed by atoms with Crippen molar-refractivity contribution in [2.24, 2.45) is 0 Å². The first kappa shape index (κ1) is 20.8. The van der Waals surface area contributed by atoms with Crippen molar-refractivity contribution in [1.29, 1.82) is 0 Å². The molecule has 0 unspecified atom stereocenters. The smallest absolute Gasteiger partial charge is 0.434 e. The molecular formula is C17H33BrO3. The summed E-state index contributed by atoms with van der Waals surface area (Å²) in [5.74, 6) is 0. The Labute approximate surface area is 139 Å². The normalized spacial score (nSPS) is 10.6. The molecule has 4 heteroatoms. The van der Waals surface area contributed by atoms with Crippen LogP contribution in [-0.2, 0) is 9.47 Å². The van der Waals surface area contributed by atoms with Crippen LogP contribution < -0.4 is 0 Å². The molecule has 0 rings (SSSR count). The number of hydrogen-bond donors (Lipinski definition) is 0.